The number of rotatable bonds is 4. The minimum absolute atomic E-state index is 0.109. The Balaban J connectivity index is 1.60. The Kier molecular flexibility index (Phi) is 4.47. The molecule has 4 aromatic rings. The van der Waals surface area contributed by atoms with Crippen LogP contribution in [-0.4, -0.2) is 31.5 Å². The van der Waals surface area contributed by atoms with Crippen LogP contribution in [0.5, 0.6) is 0 Å². The summed E-state index contributed by atoms with van der Waals surface area (Å²) in [6, 6.07) is 15.2. The Bertz CT molecular complexity index is 1370. The van der Waals surface area contributed by atoms with Crippen molar-refractivity contribution in [3.63, 3.8) is 0 Å². The van der Waals surface area contributed by atoms with Crippen molar-refractivity contribution in [2.75, 3.05) is 5.73 Å². The molecule has 32 heavy (non-hydrogen) atoms. The lowest BCUT2D eigenvalue weighted by Gasteiger charge is -2.40. The summed E-state index contributed by atoms with van der Waals surface area (Å²) in [7, 11) is 0. The van der Waals surface area contributed by atoms with Crippen molar-refractivity contribution in [2.45, 2.75) is 24.6 Å². The molecule has 0 saturated heterocycles. The first-order chi connectivity index (χ1) is 15.2. The summed E-state index contributed by atoms with van der Waals surface area (Å²) in [5, 5.41) is 15.3. The number of aromatic nitrogens is 3. The van der Waals surface area contributed by atoms with Crippen LogP contribution in [0, 0.1) is 5.82 Å². The van der Waals surface area contributed by atoms with E-state index in [1.807, 2.05) is 24.3 Å². The van der Waals surface area contributed by atoms with Gasteiger partial charge in [-0.25, -0.2) is 14.1 Å². The Hall–Kier alpha value is -3.82. The number of carbonyl (C=O) groups excluding carboxylic acids is 1. The first-order valence-corrected chi connectivity index (χ1v) is 10.1. The number of benzene rings is 2. The molecule has 5 rings (SSSR count). The number of carbonyl (C=O) groups is 1. The zero-order chi connectivity index (χ0) is 22.6. The maximum atomic E-state index is 13.6. The second-order valence-electron chi connectivity index (χ2n) is 8.20. The van der Waals surface area contributed by atoms with Crippen molar-refractivity contribution in [1.29, 1.82) is 0 Å². The molecule has 0 aliphatic heterocycles. The van der Waals surface area contributed by atoms with Gasteiger partial charge in [-0.15, -0.1) is 0 Å². The molecule has 1 saturated carbocycles. The van der Waals surface area contributed by atoms with Crippen molar-refractivity contribution in [3.8, 4) is 22.5 Å². The third-order valence-corrected chi connectivity index (χ3v) is 5.80. The third kappa shape index (κ3) is 3.37. The maximum absolute atomic E-state index is 13.6. The normalized spacial score (nSPS) is 20.3. The van der Waals surface area contributed by atoms with Crippen LogP contribution in [0.15, 0.2) is 54.6 Å². The van der Waals surface area contributed by atoms with Gasteiger partial charge in [-0.3, -0.25) is 4.79 Å². The van der Waals surface area contributed by atoms with Gasteiger partial charge in [0, 0.05) is 29.4 Å². The van der Waals surface area contributed by atoms with Gasteiger partial charge in [0.05, 0.1) is 17.3 Å². The molecule has 1 fully saturated rings. The highest BCUT2D eigenvalue weighted by Gasteiger charge is 2.42. The van der Waals surface area contributed by atoms with E-state index in [4.69, 9.17) is 17.2 Å². The highest BCUT2D eigenvalue weighted by molar-refractivity contribution is 6.04. The molecule has 0 radical (unpaired) electrons. The molecule has 1 aliphatic rings. The molecule has 2 aromatic carbocycles. The maximum Gasteiger partial charge on any atom is 0.254 e. The smallest absolute Gasteiger partial charge is 0.254 e. The summed E-state index contributed by atoms with van der Waals surface area (Å²) >= 11 is 0. The number of fused-ring (bicyclic) bond motifs is 1. The molecule has 1 amide bonds. The van der Waals surface area contributed by atoms with Crippen LogP contribution >= 0.6 is 0 Å². The minimum atomic E-state index is -1.27. The van der Waals surface area contributed by atoms with E-state index in [2.05, 4.69) is 10.1 Å². The van der Waals surface area contributed by atoms with Crippen molar-refractivity contribution in [3.05, 3.63) is 66.0 Å². The van der Waals surface area contributed by atoms with E-state index in [9.17, 15) is 14.3 Å². The Morgan fingerprint density at radius 1 is 1.12 bits per heavy atom. The molecule has 2 heterocycles. The second kappa shape index (κ2) is 7.11. The van der Waals surface area contributed by atoms with Crippen LogP contribution in [0.1, 0.15) is 29.2 Å². The third-order valence-electron chi connectivity index (χ3n) is 5.80. The van der Waals surface area contributed by atoms with Gasteiger partial charge in [0.25, 0.3) is 5.91 Å². The lowest BCUT2D eigenvalue weighted by molar-refractivity contribution is -0.0643. The summed E-state index contributed by atoms with van der Waals surface area (Å²) in [5.41, 5.74) is 19.2. The van der Waals surface area contributed by atoms with E-state index < -0.39 is 11.6 Å². The molecular formula is C23H21FN6O2. The molecule has 8 nitrogen and oxygen atoms in total. The van der Waals surface area contributed by atoms with Crippen LogP contribution in [0.3, 0.4) is 0 Å². The Morgan fingerprint density at radius 2 is 1.88 bits per heavy atom. The van der Waals surface area contributed by atoms with Gasteiger partial charge in [0.15, 0.2) is 0 Å². The molecular weight excluding hydrogens is 411 g/mol. The molecule has 162 valence electrons. The summed E-state index contributed by atoms with van der Waals surface area (Å²) < 4.78 is 15.1. The average Bonchev–Trinajstić information content (AvgIpc) is 3.08. The molecule has 2 aromatic heterocycles. The largest absolute Gasteiger partial charge is 0.383 e. The predicted molar refractivity (Wildman–Crippen MR) is 119 cm³/mol. The van der Waals surface area contributed by atoms with Gasteiger partial charge in [0.2, 0.25) is 0 Å². The second-order valence-corrected chi connectivity index (χ2v) is 8.20. The van der Waals surface area contributed by atoms with E-state index in [0.717, 1.165) is 5.39 Å². The van der Waals surface area contributed by atoms with Crippen molar-refractivity contribution in [1.82, 2.24) is 14.8 Å². The quantitative estimate of drug-likeness (QED) is 0.365. The fourth-order valence-electron chi connectivity index (χ4n) is 4.17. The van der Waals surface area contributed by atoms with Gasteiger partial charge in [0.1, 0.15) is 28.6 Å². The van der Waals surface area contributed by atoms with Gasteiger partial charge in [-0.2, -0.15) is 5.10 Å². The number of nitrogens with zero attached hydrogens (tertiary/aromatic N) is 3. The van der Waals surface area contributed by atoms with E-state index in [1.54, 1.807) is 18.2 Å². The number of nitrogens with two attached hydrogens (primary N) is 3. The highest BCUT2D eigenvalue weighted by Crippen LogP contribution is 2.41. The number of amides is 1. The molecule has 0 unspecified atom stereocenters. The Morgan fingerprint density at radius 3 is 2.56 bits per heavy atom. The molecule has 0 spiro atoms. The van der Waals surface area contributed by atoms with Crippen LogP contribution in [0.4, 0.5) is 10.2 Å². The van der Waals surface area contributed by atoms with E-state index >= 15 is 0 Å². The van der Waals surface area contributed by atoms with Gasteiger partial charge in [-0.05, 0) is 24.3 Å². The van der Waals surface area contributed by atoms with Crippen LogP contribution in [0.2, 0.25) is 0 Å². The van der Waals surface area contributed by atoms with Gasteiger partial charge < -0.3 is 22.3 Å². The molecule has 0 atom stereocenters. The highest BCUT2D eigenvalue weighted by atomic mass is 19.1. The summed E-state index contributed by atoms with van der Waals surface area (Å²) in [6.07, 6.45) is 0.541. The number of hydrogen-bond donors (Lipinski definition) is 4. The Labute approximate surface area is 182 Å². The standard InChI is InChI=1S/C23H21FN6O2/c24-15-3-1-2-13(8-15)17-7-6-12-4-5-14(9-18(12)28-17)20-19(22(26)31)21(25)30(29-20)16-10-23(27,32)11-16/h1-9,16,32H,10-11,25,27H2,(H2,26,31)/t16-,23+. The molecule has 9 heteroatoms. The monoisotopic (exact) mass is 432 g/mol. The van der Waals surface area contributed by atoms with Crippen LogP contribution < -0.4 is 17.2 Å². The zero-order valence-electron chi connectivity index (χ0n) is 17.0. The van der Waals surface area contributed by atoms with Crippen molar-refractivity contribution < 1.29 is 14.3 Å². The zero-order valence-corrected chi connectivity index (χ0v) is 17.0. The fraction of sp³-hybridized carbons (Fsp3) is 0.174. The lowest BCUT2D eigenvalue weighted by Crippen LogP contribution is -2.52. The summed E-state index contributed by atoms with van der Waals surface area (Å²) in [4.78, 5) is 16.8. The van der Waals surface area contributed by atoms with E-state index in [-0.39, 0.29) is 36.1 Å². The number of pyridine rings is 1. The molecule has 7 N–H and O–H groups in total. The minimum Gasteiger partial charge on any atom is -0.383 e. The van der Waals surface area contributed by atoms with Crippen LogP contribution in [-0.2, 0) is 0 Å². The number of aliphatic hydroxyl groups is 1. The fourth-order valence-corrected chi connectivity index (χ4v) is 4.17. The average molecular weight is 432 g/mol. The summed E-state index contributed by atoms with van der Waals surface area (Å²) in [5.74, 6) is -0.909. The van der Waals surface area contributed by atoms with Gasteiger partial charge >= 0.3 is 0 Å². The van der Waals surface area contributed by atoms with Crippen molar-refractivity contribution in [2.24, 2.45) is 11.5 Å². The topological polar surface area (TPSA) is 146 Å². The number of nitrogen functional groups attached to an aromatic ring is 1. The number of halogens is 1. The van der Waals surface area contributed by atoms with E-state index in [1.165, 1.54) is 16.8 Å². The number of hydrogen-bond acceptors (Lipinski definition) is 6. The number of anilines is 1. The first-order valence-electron chi connectivity index (χ1n) is 10.1. The van der Waals surface area contributed by atoms with Gasteiger partial charge in [-0.1, -0.05) is 30.3 Å². The molecule has 1 aliphatic carbocycles. The van der Waals surface area contributed by atoms with Crippen LogP contribution in [0.25, 0.3) is 33.4 Å². The predicted octanol–water partition coefficient (Wildman–Crippen LogP) is 2.57. The van der Waals surface area contributed by atoms with E-state index in [0.29, 0.717) is 28.0 Å². The SMILES string of the molecule is NC(=O)c1c(-c2ccc3ccc(-c4cccc(F)c4)nc3c2)nn([C@H]2C[C@@](N)(O)C2)c1N. The van der Waals surface area contributed by atoms with Crippen molar-refractivity contribution >= 4 is 22.6 Å². The lowest BCUT2D eigenvalue weighted by atomic mass is 9.83. The first kappa shape index (κ1) is 20.1. The molecule has 0 bridgehead atoms. The number of primary amides is 1. The summed E-state index contributed by atoms with van der Waals surface area (Å²) in [6.45, 7) is 0.